The first-order chi connectivity index (χ1) is 12.7. The molecule has 2 atom stereocenters. The summed E-state index contributed by atoms with van der Waals surface area (Å²) in [4.78, 5) is 8.16. The van der Waals surface area contributed by atoms with Crippen molar-refractivity contribution in [3.05, 3.63) is 48.7 Å². The maximum absolute atomic E-state index is 13.8. The molecule has 0 spiro atoms. The fraction of sp³-hybridized carbons (Fsp3) is 0.294. The van der Waals surface area contributed by atoms with Crippen LogP contribution < -0.4 is 16.2 Å². The molecule has 0 bridgehead atoms. The molecule has 1 fully saturated rings. The Labute approximate surface area is 149 Å². The average Bonchev–Trinajstić information content (AvgIpc) is 3.19. The van der Waals surface area contributed by atoms with E-state index in [1.807, 2.05) is 6.07 Å². The SMILES string of the molecule is Oc1cc(-n2ccnc2)ccc1C1=CN=C(O[C@H]2CCNC[C@@H]2F)NN1. The van der Waals surface area contributed by atoms with Crippen LogP contribution in [-0.4, -0.2) is 46.0 Å². The van der Waals surface area contributed by atoms with Crippen LogP contribution in [0, 0.1) is 0 Å². The van der Waals surface area contributed by atoms with Gasteiger partial charge in [-0.25, -0.2) is 14.4 Å². The van der Waals surface area contributed by atoms with Crippen LogP contribution in [0.5, 0.6) is 5.75 Å². The molecule has 2 aliphatic rings. The largest absolute Gasteiger partial charge is 0.507 e. The summed E-state index contributed by atoms with van der Waals surface area (Å²) < 4.78 is 21.2. The summed E-state index contributed by atoms with van der Waals surface area (Å²) in [7, 11) is 0. The van der Waals surface area contributed by atoms with Crippen LogP contribution in [0.1, 0.15) is 12.0 Å². The van der Waals surface area contributed by atoms with Gasteiger partial charge in [0.05, 0.1) is 23.9 Å². The maximum atomic E-state index is 13.8. The molecule has 0 amide bonds. The number of hydrogen-bond donors (Lipinski definition) is 4. The standard InChI is InChI=1S/C17H19FN6O2/c18-13-8-19-4-3-16(13)26-17-21-9-14(22-23-17)12-2-1-11(7-15(12)25)24-6-5-20-10-24/h1-2,5-7,9-10,13,16,19,22,25H,3-4,8H2,(H,21,23)/t13-,16-/m0/s1. The first kappa shape index (κ1) is 16.4. The number of benzene rings is 1. The number of rotatable bonds is 3. The predicted octanol–water partition coefficient (Wildman–Crippen LogP) is 1.06. The van der Waals surface area contributed by atoms with Gasteiger partial charge in [0.15, 0.2) is 0 Å². The van der Waals surface area contributed by atoms with E-state index < -0.39 is 12.3 Å². The van der Waals surface area contributed by atoms with Gasteiger partial charge in [0.2, 0.25) is 0 Å². The monoisotopic (exact) mass is 358 g/mol. The molecule has 0 saturated carbocycles. The van der Waals surface area contributed by atoms with Crippen molar-refractivity contribution in [2.75, 3.05) is 13.1 Å². The van der Waals surface area contributed by atoms with Gasteiger partial charge in [0.1, 0.15) is 18.0 Å². The van der Waals surface area contributed by atoms with E-state index in [1.54, 1.807) is 35.4 Å². The molecule has 1 aromatic carbocycles. The summed E-state index contributed by atoms with van der Waals surface area (Å²) in [5.41, 5.74) is 7.67. The van der Waals surface area contributed by atoms with Gasteiger partial charge in [-0.3, -0.25) is 10.9 Å². The summed E-state index contributed by atoms with van der Waals surface area (Å²) in [5, 5.41) is 13.3. The number of phenols is 1. The minimum absolute atomic E-state index is 0.0958. The lowest BCUT2D eigenvalue weighted by Gasteiger charge is -2.29. The zero-order chi connectivity index (χ0) is 17.9. The van der Waals surface area contributed by atoms with Gasteiger partial charge in [-0.05, 0) is 25.1 Å². The summed E-state index contributed by atoms with van der Waals surface area (Å²) in [6.45, 7) is 0.994. The number of ether oxygens (including phenoxy) is 1. The highest BCUT2D eigenvalue weighted by Crippen LogP contribution is 2.27. The van der Waals surface area contributed by atoms with Gasteiger partial charge in [-0.15, -0.1) is 0 Å². The lowest BCUT2D eigenvalue weighted by molar-refractivity contribution is 0.0585. The van der Waals surface area contributed by atoms with E-state index in [0.717, 1.165) is 5.69 Å². The zero-order valence-electron chi connectivity index (χ0n) is 13.9. The first-order valence-electron chi connectivity index (χ1n) is 8.34. The average molecular weight is 358 g/mol. The van der Waals surface area contributed by atoms with Crippen LogP contribution in [0.4, 0.5) is 4.39 Å². The second kappa shape index (κ2) is 7.04. The number of phenolic OH excluding ortho intramolecular Hbond substituents is 1. The summed E-state index contributed by atoms with van der Waals surface area (Å²) in [6.07, 6.45) is 5.63. The summed E-state index contributed by atoms with van der Waals surface area (Å²) >= 11 is 0. The molecule has 4 N–H and O–H groups in total. The van der Waals surface area contributed by atoms with E-state index in [9.17, 15) is 9.50 Å². The minimum atomic E-state index is -1.07. The van der Waals surface area contributed by atoms with Gasteiger partial charge in [-0.1, -0.05) is 0 Å². The molecule has 3 heterocycles. The Hall–Kier alpha value is -3.07. The third-order valence-corrected chi connectivity index (χ3v) is 4.30. The molecular formula is C17H19FN6O2. The van der Waals surface area contributed by atoms with Crippen molar-refractivity contribution < 1.29 is 14.2 Å². The molecule has 0 aliphatic carbocycles. The number of halogens is 1. The number of nitrogens with zero attached hydrogens (tertiary/aromatic N) is 3. The fourth-order valence-corrected chi connectivity index (χ4v) is 2.90. The summed E-state index contributed by atoms with van der Waals surface area (Å²) in [6, 6.07) is 5.48. The number of nitrogens with one attached hydrogen (secondary N) is 3. The number of aromatic nitrogens is 2. The molecule has 2 aromatic rings. The molecule has 136 valence electrons. The summed E-state index contributed by atoms with van der Waals surface area (Å²) in [5.74, 6) is 0.0958. The molecule has 1 saturated heterocycles. The van der Waals surface area contributed by atoms with Crippen LogP contribution in [0.2, 0.25) is 0 Å². The molecule has 1 aromatic heterocycles. The maximum Gasteiger partial charge on any atom is 0.309 e. The van der Waals surface area contributed by atoms with Gasteiger partial charge < -0.3 is 19.7 Å². The van der Waals surface area contributed by atoms with Crippen molar-refractivity contribution >= 4 is 11.7 Å². The Morgan fingerprint density at radius 2 is 2.23 bits per heavy atom. The molecule has 0 unspecified atom stereocenters. The quantitative estimate of drug-likeness (QED) is 0.655. The molecule has 2 aliphatic heterocycles. The number of hydrazine groups is 1. The topological polar surface area (TPSA) is 95.7 Å². The van der Waals surface area contributed by atoms with Crippen LogP contribution in [0.25, 0.3) is 11.4 Å². The first-order valence-corrected chi connectivity index (χ1v) is 8.34. The van der Waals surface area contributed by atoms with Crippen molar-refractivity contribution in [3.8, 4) is 11.4 Å². The van der Waals surface area contributed by atoms with E-state index in [0.29, 0.717) is 24.2 Å². The zero-order valence-corrected chi connectivity index (χ0v) is 13.9. The van der Waals surface area contributed by atoms with E-state index in [-0.39, 0.29) is 18.3 Å². The lowest BCUT2D eigenvalue weighted by atomic mass is 10.1. The fourth-order valence-electron chi connectivity index (χ4n) is 2.90. The normalized spacial score (nSPS) is 22.7. The van der Waals surface area contributed by atoms with Crippen molar-refractivity contribution in [1.82, 2.24) is 25.7 Å². The number of aliphatic imine (C=N–C) groups is 1. The Morgan fingerprint density at radius 3 is 2.92 bits per heavy atom. The van der Waals surface area contributed by atoms with Crippen molar-refractivity contribution in [2.45, 2.75) is 18.7 Å². The number of imidazole rings is 1. The minimum Gasteiger partial charge on any atom is -0.507 e. The van der Waals surface area contributed by atoms with Crippen LogP contribution in [0.15, 0.2) is 48.1 Å². The van der Waals surface area contributed by atoms with Crippen LogP contribution in [-0.2, 0) is 4.74 Å². The molecule has 8 nitrogen and oxygen atoms in total. The second-order valence-electron chi connectivity index (χ2n) is 6.06. The number of amidine groups is 1. The molecule has 4 rings (SSSR count). The van der Waals surface area contributed by atoms with Crippen molar-refractivity contribution in [3.63, 3.8) is 0 Å². The van der Waals surface area contributed by atoms with E-state index in [2.05, 4.69) is 26.1 Å². The highest BCUT2D eigenvalue weighted by molar-refractivity contribution is 5.81. The van der Waals surface area contributed by atoms with Gasteiger partial charge >= 0.3 is 6.02 Å². The van der Waals surface area contributed by atoms with E-state index >= 15 is 0 Å². The van der Waals surface area contributed by atoms with Crippen molar-refractivity contribution in [2.24, 2.45) is 4.99 Å². The van der Waals surface area contributed by atoms with Gasteiger partial charge in [0.25, 0.3) is 0 Å². The smallest absolute Gasteiger partial charge is 0.309 e. The van der Waals surface area contributed by atoms with Crippen LogP contribution >= 0.6 is 0 Å². The Morgan fingerprint density at radius 1 is 1.31 bits per heavy atom. The van der Waals surface area contributed by atoms with Crippen molar-refractivity contribution in [1.29, 1.82) is 0 Å². The second-order valence-corrected chi connectivity index (χ2v) is 6.06. The number of alkyl halides is 1. The third-order valence-electron chi connectivity index (χ3n) is 4.30. The highest BCUT2D eigenvalue weighted by atomic mass is 19.1. The highest BCUT2D eigenvalue weighted by Gasteiger charge is 2.28. The number of hydrogen-bond acceptors (Lipinski definition) is 7. The van der Waals surface area contributed by atoms with E-state index in [4.69, 9.17) is 4.74 Å². The Kier molecular flexibility index (Phi) is 4.44. The predicted molar refractivity (Wildman–Crippen MR) is 94.2 cm³/mol. The number of piperidine rings is 1. The van der Waals surface area contributed by atoms with Gasteiger partial charge in [-0.2, -0.15) is 0 Å². The molecular weight excluding hydrogens is 339 g/mol. The number of aromatic hydroxyl groups is 1. The lowest BCUT2D eigenvalue weighted by Crippen LogP contribution is -2.48. The Balaban J connectivity index is 1.49. The van der Waals surface area contributed by atoms with E-state index in [1.165, 1.54) is 6.20 Å². The molecule has 9 heteroatoms. The molecule has 0 radical (unpaired) electrons. The van der Waals surface area contributed by atoms with Gasteiger partial charge in [0, 0.05) is 30.6 Å². The molecule has 26 heavy (non-hydrogen) atoms. The third kappa shape index (κ3) is 3.33. The Bertz CT molecular complexity index is 836. The van der Waals surface area contributed by atoms with Crippen LogP contribution in [0.3, 0.4) is 0 Å².